The van der Waals surface area contributed by atoms with Crippen LogP contribution in [0, 0.1) is 16.0 Å². The van der Waals surface area contributed by atoms with Crippen molar-refractivity contribution in [3.05, 3.63) is 21.9 Å². The summed E-state index contributed by atoms with van der Waals surface area (Å²) in [5.41, 5.74) is 0.0980. The van der Waals surface area contributed by atoms with Gasteiger partial charge in [-0.05, 0) is 85.5 Å². The van der Waals surface area contributed by atoms with Crippen LogP contribution in [0.1, 0.15) is 71.1 Å². The number of amides is 1. The van der Waals surface area contributed by atoms with E-state index in [0.29, 0.717) is 51.2 Å². The summed E-state index contributed by atoms with van der Waals surface area (Å²) in [7, 11) is 4.02. The lowest BCUT2D eigenvalue weighted by Crippen LogP contribution is -2.75. The maximum Gasteiger partial charge on any atom is 0.256 e. The molecule has 13 unspecified atom stereocenters. The predicted octanol–water partition coefficient (Wildman–Crippen LogP) is 1.24. The van der Waals surface area contributed by atoms with Gasteiger partial charge in [0.05, 0.1) is 48.1 Å². The smallest absolute Gasteiger partial charge is 0.256 e. The topological polar surface area (TPSA) is 142 Å². The zero-order valence-corrected chi connectivity index (χ0v) is 29.3. The molecule has 0 spiro atoms. The molecule has 14 heteroatoms. The van der Waals surface area contributed by atoms with E-state index in [1.165, 1.54) is 12.8 Å². The number of unbranched alkanes of at least 4 members (excludes halogenated alkanes) is 1. The number of alkyl halides is 1. The van der Waals surface area contributed by atoms with E-state index >= 15 is 4.39 Å². The fraction of sp³-hybridized carbons (Fsp3) is 0.886. The number of nitrogens with zero attached hydrogens (tertiary/aromatic N) is 4. The maximum absolute atomic E-state index is 16.3. The van der Waals surface area contributed by atoms with E-state index in [-0.39, 0.29) is 59.1 Å². The lowest BCUT2D eigenvalue weighted by molar-refractivity contribution is -0.529. The molecule has 0 aromatic carbocycles. The number of halogens is 1. The summed E-state index contributed by atoms with van der Waals surface area (Å²) < 4.78 is 29.8. The first-order valence-corrected chi connectivity index (χ1v) is 18.9. The van der Waals surface area contributed by atoms with E-state index in [1.54, 1.807) is 6.20 Å². The molecule has 49 heavy (non-hydrogen) atoms. The Morgan fingerprint density at radius 2 is 1.90 bits per heavy atom. The van der Waals surface area contributed by atoms with Gasteiger partial charge in [-0.2, -0.15) is 0 Å². The van der Waals surface area contributed by atoms with Crippen molar-refractivity contribution in [1.82, 2.24) is 30.7 Å². The van der Waals surface area contributed by atoms with Crippen LogP contribution in [-0.2, 0) is 19.1 Å². The highest BCUT2D eigenvalue weighted by Gasteiger charge is 2.60. The molecule has 0 aromatic heterocycles. The van der Waals surface area contributed by atoms with Crippen molar-refractivity contribution in [2.45, 2.75) is 144 Å². The number of hydrogen-bond acceptors (Lipinski definition) is 11. The van der Waals surface area contributed by atoms with Gasteiger partial charge in [-0.1, -0.05) is 0 Å². The summed E-state index contributed by atoms with van der Waals surface area (Å²) in [6, 6.07) is -1.13. The van der Waals surface area contributed by atoms with Gasteiger partial charge in [-0.25, -0.2) is 4.39 Å². The van der Waals surface area contributed by atoms with Gasteiger partial charge < -0.3 is 35.2 Å². The fourth-order valence-corrected chi connectivity index (χ4v) is 10.0. The second kappa shape index (κ2) is 14.8. The molecule has 3 saturated carbocycles. The second-order valence-corrected chi connectivity index (χ2v) is 16.0. The van der Waals surface area contributed by atoms with Crippen LogP contribution in [0.15, 0.2) is 11.8 Å². The molecule has 0 aromatic rings. The first-order chi connectivity index (χ1) is 23.6. The summed E-state index contributed by atoms with van der Waals surface area (Å²) >= 11 is 0. The average molecular weight is 690 g/mol. The summed E-state index contributed by atoms with van der Waals surface area (Å²) in [6.07, 6.45) is 6.23. The highest BCUT2D eigenvalue weighted by atomic mass is 19.1. The van der Waals surface area contributed by atoms with Crippen LogP contribution in [0.3, 0.4) is 0 Å². The molecule has 7 aliphatic rings. The molecule has 0 bridgehead atoms. The SMILES string of the molecule is CC1CCCN1CCNC1C(F)CC2C(=O)C(C(=O)NCCCCN(C)C)=CN3C4CC5OC6CC([N+](=O)[O-])CCC6NC5CC4OC1C23. The zero-order chi connectivity index (χ0) is 34.4. The molecular formula is C35H56FN7O6. The molecule has 3 saturated heterocycles. The van der Waals surface area contributed by atoms with Gasteiger partial charge in [0.15, 0.2) is 5.78 Å². The van der Waals surface area contributed by atoms with Crippen LogP contribution < -0.4 is 16.0 Å². The Morgan fingerprint density at radius 3 is 2.65 bits per heavy atom. The number of carbonyl (C=O) groups is 2. The van der Waals surface area contributed by atoms with Gasteiger partial charge in [0, 0.05) is 67.6 Å². The number of ketones is 1. The number of rotatable bonds is 11. The van der Waals surface area contributed by atoms with Crippen molar-refractivity contribution in [3.63, 3.8) is 0 Å². The molecule has 13 atom stereocenters. The third-order valence-corrected chi connectivity index (χ3v) is 12.6. The molecule has 6 fully saturated rings. The van der Waals surface area contributed by atoms with Gasteiger partial charge in [-0.3, -0.25) is 24.6 Å². The number of Topliss-reactive ketones (excluding diaryl/α,β-unsaturated/α-hetero) is 1. The third-order valence-electron chi connectivity index (χ3n) is 12.6. The monoisotopic (exact) mass is 689 g/mol. The Balaban J connectivity index is 1.11. The molecule has 4 aliphatic heterocycles. The Kier molecular flexibility index (Phi) is 10.6. The standard InChI is InChI=1S/C35H56FN7O6/c1-20-7-6-13-41(20)14-11-37-31-24(36)16-22-32-34(31)49-30-17-26-29(48-28-15-21(43(46)47)8-9-25(28)39-26)18-27(30)42(32)19-23(33(22)44)35(45)38-10-4-5-12-40(2)3/h19-22,24-32,34,37,39H,4-18H2,1-3H3,(H,38,45). The van der Waals surface area contributed by atoms with Crippen LogP contribution in [0.25, 0.3) is 0 Å². The van der Waals surface area contributed by atoms with Crippen LogP contribution in [0.2, 0.25) is 0 Å². The molecule has 0 radical (unpaired) electrons. The van der Waals surface area contributed by atoms with Crippen LogP contribution in [-0.4, -0.2) is 151 Å². The van der Waals surface area contributed by atoms with Crippen molar-refractivity contribution in [2.75, 3.05) is 46.8 Å². The molecule has 4 heterocycles. The average Bonchev–Trinajstić information content (AvgIpc) is 3.48. The van der Waals surface area contributed by atoms with E-state index in [9.17, 15) is 19.7 Å². The summed E-state index contributed by atoms with van der Waals surface area (Å²) in [4.78, 5) is 45.7. The summed E-state index contributed by atoms with van der Waals surface area (Å²) in [5.74, 6) is -1.39. The Labute approximate surface area is 289 Å². The number of hydrogen-bond donors (Lipinski definition) is 3. The second-order valence-electron chi connectivity index (χ2n) is 16.0. The van der Waals surface area contributed by atoms with Gasteiger partial charge in [0.25, 0.3) is 5.91 Å². The van der Waals surface area contributed by atoms with Crippen molar-refractivity contribution in [1.29, 1.82) is 0 Å². The van der Waals surface area contributed by atoms with Crippen molar-refractivity contribution < 1.29 is 28.4 Å². The van der Waals surface area contributed by atoms with Crippen molar-refractivity contribution in [3.8, 4) is 0 Å². The number of morpholine rings is 2. The lowest BCUT2D eigenvalue weighted by atomic mass is 9.69. The normalized spacial score (nSPS) is 41.7. The first-order valence-electron chi connectivity index (χ1n) is 18.9. The van der Waals surface area contributed by atoms with Crippen LogP contribution in [0.4, 0.5) is 4.39 Å². The first kappa shape index (κ1) is 35.2. The van der Waals surface area contributed by atoms with E-state index < -0.39 is 42.2 Å². The number of nitrogens with one attached hydrogen (secondary N) is 3. The fourth-order valence-electron chi connectivity index (χ4n) is 10.0. The largest absolute Gasteiger partial charge is 0.371 e. The molecule has 7 rings (SSSR count). The van der Waals surface area contributed by atoms with Crippen molar-refractivity contribution >= 4 is 11.7 Å². The minimum atomic E-state index is -1.29. The van der Waals surface area contributed by atoms with Gasteiger partial charge in [0.2, 0.25) is 6.04 Å². The lowest BCUT2D eigenvalue weighted by Gasteiger charge is -2.61. The minimum Gasteiger partial charge on any atom is -0.371 e. The van der Waals surface area contributed by atoms with Gasteiger partial charge in [0.1, 0.15) is 6.17 Å². The Bertz CT molecular complexity index is 1270. The van der Waals surface area contributed by atoms with Crippen LogP contribution in [0.5, 0.6) is 0 Å². The molecule has 13 nitrogen and oxygen atoms in total. The van der Waals surface area contributed by atoms with E-state index in [1.807, 2.05) is 14.1 Å². The number of likely N-dealkylation sites (tertiary alicyclic amines) is 1. The maximum atomic E-state index is 16.3. The Hall–Kier alpha value is -2.23. The number of ether oxygens (including phenoxy) is 2. The number of carbonyl (C=O) groups excluding carboxylic acids is 2. The van der Waals surface area contributed by atoms with Crippen LogP contribution >= 0.6 is 0 Å². The Morgan fingerprint density at radius 1 is 1.08 bits per heavy atom. The molecule has 1 amide bonds. The molecule has 3 N–H and O–H groups in total. The number of fused-ring (bicyclic) bond motifs is 4. The van der Waals surface area contributed by atoms with E-state index in [0.717, 1.165) is 32.5 Å². The quantitative estimate of drug-likeness (QED) is 0.125. The molecular weight excluding hydrogens is 633 g/mol. The molecule has 3 aliphatic carbocycles. The number of nitro groups is 1. The highest BCUT2D eigenvalue weighted by Crippen LogP contribution is 2.47. The molecule has 274 valence electrons. The van der Waals surface area contributed by atoms with E-state index in [4.69, 9.17) is 9.47 Å². The van der Waals surface area contributed by atoms with Gasteiger partial charge >= 0.3 is 0 Å². The summed E-state index contributed by atoms with van der Waals surface area (Å²) in [5, 5.41) is 21.8. The summed E-state index contributed by atoms with van der Waals surface area (Å²) in [6.45, 7) is 6.15. The zero-order valence-electron chi connectivity index (χ0n) is 29.3. The van der Waals surface area contributed by atoms with E-state index in [2.05, 4.69) is 37.6 Å². The van der Waals surface area contributed by atoms with Crippen molar-refractivity contribution in [2.24, 2.45) is 5.92 Å². The highest BCUT2D eigenvalue weighted by molar-refractivity contribution is 6.20. The minimum absolute atomic E-state index is 0.00941. The predicted molar refractivity (Wildman–Crippen MR) is 180 cm³/mol. The van der Waals surface area contributed by atoms with Gasteiger partial charge in [-0.15, -0.1) is 0 Å². The third kappa shape index (κ3) is 7.15.